The number of hydrogen-bond donors (Lipinski definition) is 0. The first-order valence-corrected chi connectivity index (χ1v) is 12.0. The third-order valence-electron chi connectivity index (χ3n) is 4.79. The molecule has 0 saturated heterocycles. The first-order valence-electron chi connectivity index (χ1n) is 12.0. The molecular formula is C31H44O3. The maximum atomic E-state index is 5.47. The van der Waals surface area contributed by atoms with Crippen LogP contribution in [0, 0.1) is 6.92 Å². The van der Waals surface area contributed by atoms with Gasteiger partial charge >= 0.3 is 0 Å². The van der Waals surface area contributed by atoms with E-state index < -0.39 is 0 Å². The van der Waals surface area contributed by atoms with Gasteiger partial charge in [-0.15, -0.1) is 0 Å². The first kappa shape index (κ1) is 30.8. The maximum absolute atomic E-state index is 5.47. The van der Waals surface area contributed by atoms with Crippen LogP contribution in [0.5, 0.6) is 5.75 Å². The summed E-state index contributed by atoms with van der Waals surface area (Å²) in [5.41, 5.74) is 5.60. The minimum atomic E-state index is 0.599. The van der Waals surface area contributed by atoms with Gasteiger partial charge in [-0.2, -0.15) is 0 Å². The van der Waals surface area contributed by atoms with Gasteiger partial charge in [0.15, 0.2) is 11.5 Å². The summed E-state index contributed by atoms with van der Waals surface area (Å²) < 4.78 is 16.1. The van der Waals surface area contributed by atoms with E-state index in [2.05, 4.69) is 58.2 Å². The van der Waals surface area contributed by atoms with Crippen LogP contribution < -0.4 is 4.74 Å². The van der Waals surface area contributed by atoms with Crippen molar-refractivity contribution < 1.29 is 14.2 Å². The maximum Gasteiger partial charge on any atom is 0.167 e. The van der Waals surface area contributed by atoms with Crippen molar-refractivity contribution in [2.45, 2.75) is 54.4 Å². The van der Waals surface area contributed by atoms with E-state index >= 15 is 0 Å². The average molecular weight is 465 g/mol. The van der Waals surface area contributed by atoms with E-state index in [1.54, 1.807) is 20.3 Å². The van der Waals surface area contributed by atoms with E-state index in [1.165, 1.54) is 16.7 Å². The van der Waals surface area contributed by atoms with E-state index in [-0.39, 0.29) is 0 Å². The minimum absolute atomic E-state index is 0.599. The van der Waals surface area contributed by atoms with Gasteiger partial charge in [-0.05, 0) is 62.1 Å². The molecule has 186 valence electrons. The van der Waals surface area contributed by atoms with Crippen LogP contribution in [0.15, 0.2) is 90.9 Å². The van der Waals surface area contributed by atoms with Crippen molar-refractivity contribution >= 4 is 5.57 Å². The van der Waals surface area contributed by atoms with Gasteiger partial charge in [0.1, 0.15) is 5.75 Å². The number of rotatable bonds is 10. The standard InChI is InChI=1S/C20H26O2.C9H12O.C2H6/c1-7-10-17-11-9-12-18(14-17)16(4)13-19(21-5)20(22-6)15(3)8-2;1-3-10-9-6-4-8(2)5-7-9;1-2/h8-9,11-14H,2-3,7,10H2,1,4-6H3;4-7H,3H2,1-2H3;1-2H3/b16-13+,20-19-;;. The average Bonchev–Trinajstić information content (AvgIpc) is 2.87. The predicted molar refractivity (Wildman–Crippen MR) is 148 cm³/mol. The molecule has 0 heterocycles. The Morgan fingerprint density at radius 2 is 1.62 bits per heavy atom. The molecular weight excluding hydrogens is 420 g/mol. The van der Waals surface area contributed by atoms with Crippen LogP contribution in [-0.2, 0) is 15.9 Å². The molecule has 0 bridgehead atoms. The van der Waals surface area contributed by atoms with Gasteiger partial charge in [0, 0.05) is 5.57 Å². The monoisotopic (exact) mass is 464 g/mol. The summed E-state index contributed by atoms with van der Waals surface area (Å²) in [7, 11) is 3.23. The summed E-state index contributed by atoms with van der Waals surface area (Å²) in [6.07, 6.45) is 5.86. The molecule has 0 atom stereocenters. The fourth-order valence-electron chi connectivity index (χ4n) is 3.04. The number of ether oxygens (including phenoxy) is 3. The third kappa shape index (κ3) is 11.1. The highest BCUT2D eigenvalue weighted by Gasteiger charge is 2.09. The zero-order chi connectivity index (χ0) is 25.9. The van der Waals surface area contributed by atoms with Crippen LogP contribution in [0.4, 0.5) is 0 Å². The van der Waals surface area contributed by atoms with E-state index in [1.807, 2.05) is 51.1 Å². The molecule has 3 heteroatoms. The van der Waals surface area contributed by atoms with Crippen molar-refractivity contribution in [3.05, 3.63) is 108 Å². The Morgan fingerprint density at radius 3 is 2.12 bits per heavy atom. The van der Waals surface area contributed by atoms with Crippen molar-refractivity contribution in [3.63, 3.8) is 0 Å². The Labute approximate surface area is 208 Å². The Bertz CT molecular complexity index is 918. The lowest BCUT2D eigenvalue weighted by Crippen LogP contribution is -1.97. The van der Waals surface area contributed by atoms with Crippen molar-refractivity contribution in [3.8, 4) is 5.75 Å². The highest BCUT2D eigenvalue weighted by molar-refractivity contribution is 5.67. The van der Waals surface area contributed by atoms with Crippen LogP contribution in [0.25, 0.3) is 5.57 Å². The fraction of sp³-hybridized carbons (Fsp3) is 0.355. The molecule has 0 saturated carbocycles. The lowest BCUT2D eigenvalue weighted by atomic mass is 10.0. The largest absolute Gasteiger partial charge is 0.494 e. The number of allylic oxidation sites excluding steroid dienone is 3. The lowest BCUT2D eigenvalue weighted by Gasteiger charge is -2.12. The van der Waals surface area contributed by atoms with Crippen molar-refractivity contribution in [2.75, 3.05) is 20.8 Å². The number of aryl methyl sites for hydroxylation is 2. The molecule has 0 aliphatic heterocycles. The second-order valence-corrected chi connectivity index (χ2v) is 7.35. The highest BCUT2D eigenvalue weighted by Crippen LogP contribution is 2.23. The second kappa shape index (κ2) is 18.3. The van der Waals surface area contributed by atoms with Gasteiger partial charge in [-0.3, -0.25) is 0 Å². The number of methoxy groups -OCH3 is 2. The molecule has 0 amide bonds. The zero-order valence-electron chi connectivity index (χ0n) is 22.5. The normalized spacial score (nSPS) is 11.0. The number of hydrogen-bond acceptors (Lipinski definition) is 3. The summed E-state index contributed by atoms with van der Waals surface area (Å²) in [5, 5.41) is 0. The quantitative estimate of drug-likeness (QED) is 0.260. The highest BCUT2D eigenvalue weighted by atomic mass is 16.5. The van der Waals surface area contributed by atoms with Gasteiger partial charge in [0.25, 0.3) is 0 Å². The molecule has 2 aromatic carbocycles. The van der Waals surface area contributed by atoms with Crippen molar-refractivity contribution in [1.29, 1.82) is 0 Å². The molecule has 0 radical (unpaired) electrons. The van der Waals surface area contributed by atoms with Gasteiger partial charge in [0.2, 0.25) is 0 Å². The molecule has 0 spiro atoms. The van der Waals surface area contributed by atoms with E-state index in [0.717, 1.165) is 30.8 Å². The summed E-state index contributed by atoms with van der Waals surface area (Å²) in [6, 6.07) is 16.6. The predicted octanol–water partition coefficient (Wildman–Crippen LogP) is 8.71. The Hall–Kier alpha value is -3.20. The van der Waals surface area contributed by atoms with Crippen molar-refractivity contribution in [1.82, 2.24) is 0 Å². The minimum Gasteiger partial charge on any atom is -0.494 e. The molecule has 0 N–H and O–H groups in total. The molecule has 0 unspecified atom stereocenters. The molecule has 2 rings (SSSR count). The SMILES string of the molecule is C=CC(=C)/C(OC)=C(\C=C(/C)c1cccc(CCC)c1)OC.CC.CCOc1ccc(C)cc1. The summed E-state index contributed by atoms with van der Waals surface area (Å²) in [4.78, 5) is 0. The molecule has 0 aromatic heterocycles. The van der Waals surface area contributed by atoms with Crippen LogP contribution in [0.2, 0.25) is 0 Å². The van der Waals surface area contributed by atoms with Crippen LogP contribution in [0.3, 0.4) is 0 Å². The van der Waals surface area contributed by atoms with Gasteiger partial charge in [-0.25, -0.2) is 0 Å². The van der Waals surface area contributed by atoms with Crippen LogP contribution in [0.1, 0.15) is 57.7 Å². The molecule has 3 nitrogen and oxygen atoms in total. The first-order chi connectivity index (χ1) is 16.4. The zero-order valence-corrected chi connectivity index (χ0v) is 22.5. The molecule has 0 aliphatic carbocycles. The molecule has 0 fully saturated rings. The third-order valence-corrected chi connectivity index (χ3v) is 4.79. The Balaban J connectivity index is 0.000000753. The van der Waals surface area contributed by atoms with Crippen LogP contribution in [-0.4, -0.2) is 20.8 Å². The fourth-order valence-corrected chi connectivity index (χ4v) is 3.04. The van der Waals surface area contributed by atoms with Crippen LogP contribution >= 0.6 is 0 Å². The van der Waals surface area contributed by atoms with E-state index in [4.69, 9.17) is 14.2 Å². The summed E-state index contributed by atoms with van der Waals surface area (Å²) in [6.45, 7) is 20.7. The Morgan fingerprint density at radius 1 is 0.971 bits per heavy atom. The van der Waals surface area contributed by atoms with Gasteiger partial charge in [0.05, 0.1) is 20.8 Å². The molecule has 0 aliphatic rings. The van der Waals surface area contributed by atoms with Crippen molar-refractivity contribution in [2.24, 2.45) is 0 Å². The summed E-state index contributed by atoms with van der Waals surface area (Å²) >= 11 is 0. The topological polar surface area (TPSA) is 27.7 Å². The van der Waals surface area contributed by atoms with Gasteiger partial charge < -0.3 is 14.2 Å². The summed E-state index contributed by atoms with van der Waals surface area (Å²) in [5.74, 6) is 2.19. The van der Waals surface area contributed by atoms with Gasteiger partial charge in [-0.1, -0.05) is 88.4 Å². The molecule has 34 heavy (non-hydrogen) atoms. The van der Waals surface area contributed by atoms with E-state index in [0.29, 0.717) is 17.1 Å². The lowest BCUT2D eigenvalue weighted by molar-refractivity contribution is 0.239. The second-order valence-electron chi connectivity index (χ2n) is 7.35. The Kier molecular flexibility index (Phi) is 16.5. The molecule has 2 aromatic rings. The number of benzene rings is 2. The smallest absolute Gasteiger partial charge is 0.167 e. The van der Waals surface area contributed by atoms with E-state index in [9.17, 15) is 0 Å².